The van der Waals surface area contributed by atoms with E-state index < -0.39 is 0 Å². The zero-order chi connectivity index (χ0) is 19.7. The summed E-state index contributed by atoms with van der Waals surface area (Å²) in [6, 6.07) is 11.0. The largest absolute Gasteiger partial charge is 0.340 e. The highest BCUT2D eigenvalue weighted by Gasteiger charge is 2.16. The van der Waals surface area contributed by atoms with Gasteiger partial charge in [0.15, 0.2) is 0 Å². The first kappa shape index (κ1) is 18.5. The smallest absolute Gasteiger partial charge is 0.253 e. The molecule has 2 heterocycles. The van der Waals surface area contributed by atoms with Gasteiger partial charge in [-0.25, -0.2) is 9.97 Å². The van der Waals surface area contributed by atoms with Gasteiger partial charge < -0.3 is 9.80 Å². The minimum Gasteiger partial charge on any atom is -0.340 e. The van der Waals surface area contributed by atoms with E-state index in [1.165, 1.54) is 22.7 Å². The number of carbonyl (C=O) groups is 2. The number of hydrogen-bond donors (Lipinski definition) is 0. The van der Waals surface area contributed by atoms with Crippen LogP contribution in [0.1, 0.15) is 20.7 Å². The molecule has 4 rings (SSSR count). The number of benzene rings is 2. The zero-order valence-electron chi connectivity index (χ0n) is 15.5. The van der Waals surface area contributed by atoms with E-state index in [2.05, 4.69) is 9.97 Å². The molecule has 28 heavy (non-hydrogen) atoms. The monoisotopic (exact) mass is 410 g/mol. The van der Waals surface area contributed by atoms with E-state index in [4.69, 9.17) is 0 Å². The van der Waals surface area contributed by atoms with E-state index in [1.54, 1.807) is 47.0 Å². The Balaban J connectivity index is 1.39. The fourth-order valence-electron chi connectivity index (χ4n) is 2.92. The molecule has 0 N–H and O–H groups in total. The second kappa shape index (κ2) is 7.65. The summed E-state index contributed by atoms with van der Waals surface area (Å²) < 4.78 is 1.98. The normalized spacial score (nSPS) is 11.1. The number of amides is 2. The van der Waals surface area contributed by atoms with Crippen LogP contribution in [0.25, 0.3) is 20.4 Å². The molecule has 0 atom stereocenters. The number of rotatable bonds is 5. The number of likely N-dealkylation sites (N-methyl/N-ethyl adjacent to an activating group) is 2. The second-order valence-electron chi connectivity index (χ2n) is 6.52. The number of thiazole rings is 2. The van der Waals surface area contributed by atoms with Crippen molar-refractivity contribution < 1.29 is 9.59 Å². The van der Waals surface area contributed by atoms with E-state index in [9.17, 15) is 9.59 Å². The number of hydrogen-bond acceptors (Lipinski definition) is 6. The maximum absolute atomic E-state index is 12.7. The van der Waals surface area contributed by atoms with Crippen molar-refractivity contribution in [2.45, 2.75) is 0 Å². The molecule has 142 valence electrons. The molecule has 0 fully saturated rings. The van der Waals surface area contributed by atoms with E-state index in [-0.39, 0.29) is 11.8 Å². The van der Waals surface area contributed by atoms with Crippen LogP contribution in [-0.4, -0.2) is 58.8 Å². The van der Waals surface area contributed by atoms with Crippen LogP contribution in [0.4, 0.5) is 0 Å². The Hall–Kier alpha value is -2.84. The molecular formula is C20H18N4O2S2. The predicted octanol–water partition coefficient (Wildman–Crippen LogP) is 3.75. The van der Waals surface area contributed by atoms with Crippen molar-refractivity contribution in [3.63, 3.8) is 0 Å². The number of carbonyl (C=O) groups excluding carboxylic acids is 2. The Kier molecular flexibility index (Phi) is 5.06. The standard InChI is InChI=1S/C20H18N4O2S2/c1-23(19(25)13-3-5-15-17(9-13)27-11-21-15)7-8-24(2)20(26)14-4-6-16-18(10-14)28-12-22-16/h3-6,9-12H,7-8H2,1-2H3. The third-order valence-electron chi connectivity index (χ3n) is 4.62. The summed E-state index contributed by atoms with van der Waals surface area (Å²) in [6.07, 6.45) is 0. The molecule has 0 spiro atoms. The summed E-state index contributed by atoms with van der Waals surface area (Å²) >= 11 is 3.03. The Bertz CT molecular complexity index is 1080. The molecule has 0 saturated carbocycles. The SMILES string of the molecule is CN(CCN(C)C(=O)c1ccc2ncsc2c1)C(=O)c1ccc2ncsc2c1. The molecule has 2 amide bonds. The summed E-state index contributed by atoms with van der Waals surface area (Å²) in [5.41, 5.74) is 6.59. The van der Waals surface area contributed by atoms with Crippen molar-refractivity contribution in [2.24, 2.45) is 0 Å². The van der Waals surface area contributed by atoms with Crippen molar-refractivity contribution in [3.05, 3.63) is 58.5 Å². The molecule has 0 unspecified atom stereocenters. The minimum absolute atomic E-state index is 0.0674. The number of aromatic nitrogens is 2. The van der Waals surface area contributed by atoms with Gasteiger partial charge in [-0.1, -0.05) is 0 Å². The summed E-state index contributed by atoms with van der Waals surface area (Å²) in [4.78, 5) is 37.1. The molecule has 0 aliphatic carbocycles. The highest BCUT2D eigenvalue weighted by Crippen LogP contribution is 2.21. The van der Waals surface area contributed by atoms with E-state index >= 15 is 0 Å². The molecular weight excluding hydrogens is 392 g/mol. The zero-order valence-corrected chi connectivity index (χ0v) is 17.1. The fraction of sp³-hybridized carbons (Fsp3) is 0.200. The van der Waals surface area contributed by atoms with Crippen LogP contribution in [-0.2, 0) is 0 Å². The van der Waals surface area contributed by atoms with E-state index in [0.29, 0.717) is 24.2 Å². The van der Waals surface area contributed by atoms with Gasteiger partial charge in [0.1, 0.15) is 0 Å². The lowest BCUT2D eigenvalue weighted by Gasteiger charge is -2.22. The van der Waals surface area contributed by atoms with Gasteiger partial charge in [0.2, 0.25) is 0 Å². The molecule has 0 bridgehead atoms. The molecule has 2 aromatic carbocycles. The van der Waals surface area contributed by atoms with Gasteiger partial charge in [-0.2, -0.15) is 0 Å². The van der Waals surface area contributed by atoms with Gasteiger partial charge in [0.05, 0.1) is 31.5 Å². The Morgan fingerprint density at radius 3 is 1.64 bits per heavy atom. The van der Waals surface area contributed by atoms with Gasteiger partial charge in [-0.15, -0.1) is 22.7 Å². The fourth-order valence-corrected chi connectivity index (χ4v) is 4.35. The average Bonchev–Trinajstić information content (AvgIpc) is 3.38. The topological polar surface area (TPSA) is 66.4 Å². The van der Waals surface area contributed by atoms with Gasteiger partial charge in [0.25, 0.3) is 11.8 Å². The predicted molar refractivity (Wildman–Crippen MR) is 113 cm³/mol. The van der Waals surface area contributed by atoms with Crippen LogP contribution in [0.15, 0.2) is 47.4 Å². The Morgan fingerprint density at radius 1 is 0.786 bits per heavy atom. The van der Waals surface area contributed by atoms with Crippen LogP contribution in [0.2, 0.25) is 0 Å². The third kappa shape index (κ3) is 3.61. The second-order valence-corrected chi connectivity index (χ2v) is 8.30. The molecule has 6 nitrogen and oxygen atoms in total. The number of nitrogens with zero attached hydrogens (tertiary/aromatic N) is 4. The van der Waals surface area contributed by atoms with Crippen LogP contribution in [0.5, 0.6) is 0 Å². The minimum atomic E-state index is -0.0674. The Morgan fingerprint density at radius 2 is 1.21 bits per heavy atom. The Labute approximate surface area is 170 Å². The van der Waals surface area contributed by atoms with Gasteiger partial charge in [0, 0.05) is 38.3 Å². The highest BCUT2D eigenvalue weighted by atomic mass is 32.1. The lowest BCUT2D eigenvalue weighted by molar-refractivity contribution is 0.0719. The highest BCUT2D eigenvalue weighted by molar-refractivity contribution is 7.17. The van der Waals surface area contributed by atoms with E-state index in [1.807, 2.05) is 24.3 Å². The first-order chi connectivity index (χ1) is 13.5. The van der Waals surface area contributed by atoms with Crippen molar-refractivity contribution in [1.29, 1.82) is 0 Å². The quantitative estimate of drug-likeness (QED) is 0.503. The van der Waals surface area contributed by atoms with Gasteiger partial charge >= 0.3 is 0 Å². The molecule has 2 aromatic heterocycles. The maximum atomic E-state index is 12.7. The lowest BCUT2D eigenvalue weighted by atomic mass is 10.2. The van der Waals surface area contributed by atoms with Crippen LogP contribution < -0.4 is 0 Å². The third-order valence-corrected chi connectivity index (χ3v) is 6.20. The van der Waals surface area contributed by atoms with Gasteiger partial charge in [-0.05, 0) is 36.4 Å². The van der Waals surface area contributed by atoms with Crippen LogP contribution in [0.3, 0.4) is 0 Å². The van der Waals surface area contributed by atoms with Crippen molar-refractivity contribution >= 4 is 54.9 Å². The molecule has 0 saturated heterocycles. The van der Waals surface area contributed by atoms with Crippen molar-refractivity contribution in [3.8, 4) is 0 Å². The summed E-state index contributed by atoms with van der Waals surface area (Å²) in [5, 5.41) is 0. The molecule has 0 aliphatic rings. The first-order valence-electron chi connectivity index (χ1n) is 8.70. The summed E-state index contributed by atoms with van der Waals surface area (Å²) in [7, 11) is 3.50. The van der Waals surface area contributed by atoms with Gasteiger partial charge in [-0.3, -0.25) is 9.59 Å². The van der Waals surface area contributed by atoms with Crippen molar-refractivity contribution in [1.82, 2.24) is 19.8 Å². The molecule has 8 heteroatoms. The average molecular weight is 411 g/mol. The van der Waals surface area contributed by atoms with E-state index in [0.717, 1.165) is 20.4 Å². The lowest BCUT2D eigenvalue weighted by Crippen LogP contribution is -2.37. The van der Waals surface area contributed by atoms with Crippen LogP contribution >= 0.6 is 22.7 Å². The maximum Gasteiger partial charge on any atom is 0.253 e. The number of fused-ring (bicyclic) bond motifs is 2. The van der Waals surface area contributed by atoms with Crippen molar-refractivity contribution in [2.75, 3.05) is 27.2 Å². The molecule has 0 radical (unpaired) electrons. The first-order valence-corrected chi connectivity index (χ1v) is 10.5. The summed E-state index contributed by atoms with van der Waals surface area (Å²) in [5.74, 6) is -0.135. The molecule has 4 aromatic rings. The summed E-state index contributed by atoms with van der Waals surface area (Å²) in [6.45, 7) is 0.898. The van der Waals surface area contributed by atoms with Crippen LogP contribution in [0, 0.1) is 0 Å². The molecule has 0 aliphatic heterocycles.